The molecule has 0 atom stereocenters. The van der Waals surface area contributed by atoms with Gasteiger partial charge in [-0.1, -0.05) is 27.5 Å². The second-order valence-corrected chi connectivity index (χ2v) is 8.15. The van der Waals surface area contributed by atoms with Gasteiger partial charge in [-0.3, -0.25) is 0 Å². The van der Waals surface area contributed by atoms with E-state index in [4.69, 9.17) is 16.3 Å². The zero-order chi connectivity index (χ0) is 18.1. The van der Waals surface area contributed by atoms with Gasteiger partial charge in [0.15, 0.2) is 0 Å². The number of hydrogen-bond acceptors (Lipinski definition) is 6. The number of carbonyl (C=O) groups is 1. The third-order valence-corrected chi connectivity index (χ3v) is 5.87. The van der Waals surface area contributed by atoms with Gasteiger partial charge in [0.1, 0.15) is 10.8 Å². The van der Waals surface area contributed by atoms with Crippen LogP contribution in [0.5, 0.6) is 5.75 Å². The van der Waals surface area contributed by atoms with Crippen molar-refractivity contribution < 1.29 is 14.6 Å². The molecule has 1 N–H and O–H groups in total. The number of methoxy groups -OCH3 is 1. The van der Waals surface area contributed by atoms with Crippen LogP contribution in [0.4, 0.5) is 5.00 Å². The fourth-order valence-corrected chi connectivity index (χ4v) is 4.83. The number of halogens is 2. The molecule has 132 valence electrons. The summed E-state index contributed by atoms with van der Waals surface area (Å²) in [5.74, 6) is -0.431. The highest BCUT2D eigenvalue weighted by molar-refractivity contribution is 9.10. The van der Waals surface area contributed by atoms with Crippen LogP contribution < -0.4 is 0 Å². The second-order valence-electron chi connectivity index (χ2n) is 5.75. The van der Waals surface area contributed by atoms with Gasteiger partial charge in [-0.2, -0.15) is 0 Å². The quantitative estimate of drug-likeness (QED) is 0.564. The molecule has 0 bridgehead atoms. The summed E-state index contributed by atoms with van der Waals surface area (Å²) in [6.45, 7) is 1.67. The van der Waals surface area contributed by atoms with E-state index in [1.807, 2.05) is 7.05 Å². The molecule has 1 aliphatic heterocycles. The molecule has 0 amide bonds. The molecule has 1 aromatic carbocycles. The van der Waals surface area contributed by atoms with Crippen LogP contribution >= 0.6 is 38.9 Å². The van der Waals surface area contributed by atoms with Crippen LogP contribution in [0, 0.1) is 0 Å². The van der Waals surface area contributed by atoms with E-state index in [0.29, 0.717) is 16.1 Å². The van der Waals surface area contributed by atoms with Gasteiger partial charge in [0.2, 0.25) is 0 Å². The predicted molar refractivity (Wildman–Crippen MR) is 104 cm³/mol. The lowest BCUT2D eigenvalue weighted by Gasteiger charge is -2.22. The number of phenols is 1. The molecule has 0 radical (unpaired) electrons. The largest absolute Gasteiger partial charge is 0.506 e. The summed E-state index contributed by atoms with van der Waals surface area (Å²) in [4.78, 5) is 20.0. The first-order valence-corrected chi connectivity index (χ1v) is 9.53. The minimum Gasteiger partial charge on any atom is -0.506 e. The summed E-state index contributed by atoms with van der Waals surface area (Å²) in [7, 11) is 3.42. The molecule has 3 rings (SSSR count). The van der Waals surface area contributed by atoms with E-state index >= 15 is 0 Å². The number of benzene rings is 1. The van der Waals surface area contributed by atoms with E-state index in [9.17, 15) is 9.90 Å². The van der Waals surface area contributed by atoms with Crippen molar-refractivity contribution in [1.82, 2.24) is 4.90 Å². The molecule has 0 saturated heterocycles. The molecule has 2 heterocycles. The van der Waals surface area contributed by atoms with Crippen LogP contribution in [0.25, 0.3) is 0 Å². The number of thiophene rings is 1. The summed E-state index contributed by atoms with van der Waals surface area (Å²) < 4.78 is 5.68. The average molecular weight is 444 g/mol. The minimum absolute atomic E-state index is 0.0470. The standard InChI is InChI=1S/C17H16BrClN2O3S/c1-21-4-3-11-13(8-21)25-16(14(11)17(23)24-2)20-7-9-5-10(18)6-12(19)15(9)22/h5-7,22H,3-4,8H2,1-2H3/b20-7+. The van der Waals surface area contributed by atoms with Crippen molar-refractivity contribution in [1.29, 1.82) is 0 Å². The number of rotatable bonds is 3. The number of carbonyl (C=O) groups excluding carboxylic acids is 1. The molecular formula is C17H16BrClN2O3S. The molecule has 0 aliphatic carbocycles. The Morgan fingerprint density at radius 2 is 2.28 bits per heavy atom. The molecule has 1 aliphatic rings. The van der Waals surface area contributed by atoms with Crippen LogP contribution in [0.2, 0.25) is 5.02 Å². The number of nitrogens with zero attached hydrogens (tertiary/aromatic N) is 2. The van der Waals surface area contributed by atoms with Gasteiger partial charge in [0.05, 0.1) is 17.7 Å². The van der Waals surface area contributed by atoms with Gasteiger partial charge in [-0.25, -0.2) is 9.79 Å². The van der Waals surface area contributed by atoms with Crippen molar-refractivity contribution in [3.8, 4) is 5.75 Å². The van der Waals surface area contributed by atoms with Crippen LogP contribution in [-0.4, -0.2) is 42.9 Å². The summed E-state index contributed by atoms with van der Waals surface area (Å²) >= 11 is 10.8. The highest BCUT2D eigenvalue weighted by Gasteiger charge is 2.27. The van der Waals surface area contributed by atoms with E-state index in [1.54, 1.807) is 12.1 Å². The zero-order valence-corrected chi connectivity index (χ0v) is 16.8. The molecule has 2 aromatic rings. The van der Waals surface area contributed by atoms with Gasteiger partial charge in [-0.05, 0) is 31.2 Å². The predicted octanol–water partition coefficient (Wildman–Crippen LogP) is 4.39. The topological polar surface area (TPSA) is 62.1 Å². The van der Waals surface area contributed by atoms with E-state index in [0.717, 1.165) is 34.4 Å². The Labute approximate surface area is 163 Å². The van der Waals surface area contributed by atoms with Crippen molar-refractivity contribution in [2.24, 2.45) is 4.99 Å². The smallest absolute Gasteiger partial charge is 0.341 e. The van der Waals surface area contributed by atoms with E-state index in [2.05, 4.69) is 25.8 Å². The van der Waals surface area contributed by atoms with Crippen molar-refractivity contribution in [3.05, 3.63) is 43.2 Å². The third kappa shape index (κ3) is 3.74. The zero-order valence-electron chi connectivity index (χ0n) is 13.7. The fourth-order valence-electron chi connectivity index (χ4n) is 2.73. The SMILES string of the molecule is COC(=O)c1c(/N=C/c2cc(Br)cc(Cl)c2O)sc2c1CCN(C)C2. The number of likely N-dealkylation sites (N-methyl/N-ethyl adjacent to an activating group) is 1. The van der Waals surface area contributed by atoms with Crippen molar-refractivity contribution >= 4 is 56.1 Å². The van der Waals surface area contributed by atoms with Gasteiger partial charge in [-0.15, -0.1) is 11.3 Å². The van der Waals surface area contributed by atoms with Crippen molar-refractivity contribution in [2.75, 3.05) is 20.7 Å². The first kappa shape index (κ1) is 18.4. The molecule has 0 spiro atoms. The van der Waals surface area contributed by atoms with E-state index < -0.39 is 0 Å². The number of aliphatic imine (C=N–C) groups is 1. The number of phenolic OH excluding ortho intramolecular Hbond substituents is 1. The maximum atomic E-state index is 12.3. The highest BCUT2D eigenvalue weighted by atomic mass is 79.9. The Hall–Kier alpha value is -1.41. The number of hydrogen-bond donors (Lipinski definition) is 1. The number of esters is 1. The lowest BCUT2D eigenvalue weighted by molar-refractivity contribution is 0.0600. The summed E-state index contributed by atoms with van der Waals surface area (Å²) in [5.41, 5.74) is 2.00. The Kier molecular flexibility index (Phi) is 5.48. The Morgan fingerprint density at radius 1 is 1.52 bits per heavy atom. The van der Waals surface area contributed by atoms with Crippen LogP contribution in [0.15, 0.2) is 21.6 Å². The second kappa shape index (κ2) is 7.45. The van der Waals surface area contributed by atoms with Gasteiger partial charge < -0.3 is 14.7 Å². The Morgan fingerprint density at radius 3 is 3.00 bits per heavy atom. The molecule has 0 saturated carbocycles. The molecule has 1 aromatic heterocycles. The fraction of sp³-hybridized carbons (Fsp3) is 0.294. The maximum Gasteiger partial charge on any atom is 0.341 e. The van der Waals surface area contributed by atoms with E-state index in [-0.39, 0.29) is 16.7 Å². The van der Waals surface area contributed by atoms with Gasteiger partial charge in [0, 0.05) is 34.2 Å². The summed E-state index contributed by atoms with van der Waals surface area (Å²) in [5, 5.41) is 10.9. The number of aromatic hydroxyl groups is 1. The van der Waals surface area contributed by atoms with Crippen LogP contribution in [0.1, 0.15) is 26.4 Å². The molecular weight excluding hydrogens is 428 g/mol. The molecule has 0 unspecified atom stereocenters. The van der Waals surface area contributed by atoms with Crippen LogP contribution in [-0.2, 0) is 17.7 Å². The average Bonchev–Trinajstić information content (AvgIpc) is 2.93. The van der Waals surface area contributed by atoms with Crippen molar-refractivity contribution in [3.63, 3.8) is 0 Å². The lowest BCUT2D eigenvalue weighted by atomic mass is 10.0. The van der Waals surface area contributed by atoms with Crippen LogP contribution in [0.3, 0.4) is 0 Å². The summed E-state index contributed by atoms with van der Waals surface area (Å²) in [6.07, 6.45) is 2.30. The Balaban J connectivity index is 2.04. The highest BCUT2D eigenvalue weighted by Crippen LogP contribution is 2.39. The molecule has 0 fully saturated rings. The number of ether oxygens (including phenoxy) is 1. The molecule has 8 heteroatoms. The normalized spacial score (nSPS) is 14.7. The molecule has 25 heavy (non-hydrogen) atoms. The third-order valence-electron chi connectivity index (χ3n) is 4.00. The first-order valence-electron chi connectivity index (χ1n) is 7.54. The minimum atomic E-state index is -0.384. The Bertz CT molecular complexity index is 866. The summed E-state index contributed by atoms with van der Waals surface area (Å²) in [6, 6.07) is 3.32. The maximum absolute atomic E-state index is 12.3. The van der Waals surface area contributed by atoms with Gasteiger partial charge >= 0.3 is 5.97 Å². The first-order chi connectivity index (χ1) is 11.9. The van der Waals surface area contributed by atoms with E-state index in [1.165, 1.54) is 24.7 Å². The number of fused-ring (bicyclic) bond motifs is 1. The lowest BCUT2D eigenvalue weighted by Crippen LogP contribution is -2.26. The van der Waals surface area contributed by atoms with Crippen molar-refractivity contribution in [2.45, 2.75) is 13.0 Å². The monoisotopic (exact) mass is 442 g/mol. The molecule has 5 nitrogen and oxygen atoms in total. The van der Waals surface area contributed by atoms with Gasteiger partial charge in [0.25, 0.3) is 0 Å².